The minimum absolute atomic E-state index is 0.750. The lowest BCUT2D eigenvalue weighted by Gasteiger charge is -2.38. The third-order valence-corrected chi connectivity index (χ3v) is 7.47. The lowest BCUT2D eigenvalue weighted by molar-refractivity contribution is -0.0463. The molecule has 0 fully saturated rings. The van der Waals surface area contributed by atoms with Crippen molar-refractivity contribution in [1.82, 2.24) is 0 Å². The second kappa shape index (κ2) is 12.9. The van der Waals surface area contributed by atoms with E-state index >= 15 is 0 Å². The molecule has 0 saturated heterocycles. The highest BCUT2D eigenvalue weighted by Crippen LogP contribution is 2.62. The molecule has 8 heteroatoms. The van der Waals surface area contributed by atoms with Crippen LogP contribution in [0.15, 0.2) is 91.0 Å². The number of phosphoric acid groups is 1. The number of halogens is 3. The van der Waals surface area contributed by atoms with Crippen molar-refractivity contribution in [2.75, 3.05) is 0 Å². The van der Waals surface area contributed by atoms with Crippen molar-refractivity contribution < 1.29 is 18.1 Å². The van der Waals surface area contributed by atoms with Crippen molar-refractivity contribution in [2.24, 2.45) is 0 Å². The van der Waals surface area contributed by atoms with Gasteiger partial charge in [-0.2, -0.15) is 0 Å². The van der Waals surface area contributed by atoms with Gasteiger partial charge in [0.25, 0.3) is 0 Å². The van der Waals surface area contributed by atoms with E-state index < -0.39 is 28.9 Å². The molecule has 0 aliphatic carbocycles. The molecule has 0 aliphatic rings. The maximum Gasteiger partial charge on any atom is 0.477 e. The van der Waals surface area contributed by atoms with Gasteiger partial charge in [0.2, 0.25) is 0 Å². The van der Waals surface area contributed by atoms with Gasteiger partial charge in [0.05, 0.1) is 16.8 Å². The molecule has 0 radical (unpaired) electrons. The fraction of sp³-hybridized carbons (Fsp3) is 0.357. The van der Waals surface area contributed by atoms with E-state index in [4.69, 9.17) is 48.4 Å². The lowest BCUT2D eigenvalue weighted by atomic mass is 9.99. The van der Waals surface area contributed by atoms with Crippen LogP contribution in [0.2, 0.25) is 0 Å². The second-order valence-electron chi connectivity index (χ2n) is 9.60. The summed E-state index contributed by atoms with van der Waals surface area (Å²) in [6.45, 7) is 11.2. The lowest BCUT2D eigenvalue weighted by Crippen LogP contribution is -2.30. The summed E-state index contributed by atoms with van der Waals surface area (Å²) in [6.07, 6.45) is 0. The number of benzene rings is 3. The largest absolute Gasteiger partial charge is 0.477 e. The van der Waals surface area contributed by atoms with E-state index in [0.29, 0.717) is 0 Å². The van der Waals surface area contributed by atoms with Crippen molar-refractivity contribution in [3.8, 4) is 0 Å². The van der Waals surface area contributed by atoms with E-state index in [-0.39, 0.29) is 0 Å². The van der Waals surface area contributed by atoms with Crippen molar-refractivity contribution in [2.45, 2.75) is 62.6 Å². The summed E-state index contributed by atoms with van der Waals surface area (Å²) < 4.78 is 32.3. The van der Waals surface area contributed by atoms with E-state index in [1.807, 2.05) is 133 Å². The summed E-state index contributed by atoms with van der Waals surface area (Å²) in [5.74, 6) is 0. The van der Waals surface area contributed by atoms with Gasteiger partial charge >= 0.3 is 7.82 Å². The van der Waals surface area contributed by atoms with Crippen LogP contribution in [0, 0.1) is 0 Å². The van der Waals surface area contributed by atoms with Crippen LogP contribution in [0.3, 0.4) is 0 Å². The smallest absolute Gasteiger partial charge is 0.276 e. The predicted molar refractivity (Wildman–Crippen MR) is 151 cm³/mol. The van der Waals surface area contributed by atoms with E-state index in [2.05, 4.69) is 0 Å². The Morgan fingerprint density at radius 2 is 0.722 bits per heavy atom. The average molecular weight is 572 g/mol. The van der Waals surface area contributed by atoms with Crippen LogP contribution < -0.4 is 0 Å². The first-order valence-electron chi connectivity index (χ1n) is 11.5. The molecular formula is C28H34Cl3O4P. The second-order valence-corrected chi connectivity index (χ2v) is 13.0. The van der Waals surface area contributed by atoms with Gasteiger partial charge in [0.15, 0.2) is 4.30 Å². The van der Waals surface area contributed by atoms with Gasteiger partial charge in [0, 0.05) is 0 Å². The molecular weight excluding hydrogens is 538 g/mol. The maximum absolute atomic E-state index is 14.3. The molecule has 0 N–H and O–H groups in total. The molecule has 196 valence electrons. The van der Waals surface area contributed by atoms with Gasteiger partial charge in [-0.1, -0.05) is 126 Å². The fourth-order valence-electron chi connectivity index (χ4n) is 3.57. The Kier molecular flexibility index (Phi) is 11.1. The normalized spacial score (nSPS) is 12.7. The van der Waals surface area contributed by atoms with Gasteiger partial charge in [-0.05, 0) is 58.2 Å². The summed E-state index contributed by atoms with van der Waals surface area (Å²) in [6, 6.07) is 29.0. The number of hydrogen-bond donors (Lipinski definition) is 0. The van der Waals surface area contributed by atoms with Crippen LogP contribution in [0.25, 0.3) is 0 Å². The van der Waals surface area contributed by atoms with E-state index in [9.17, 15) is 4.57 Å². The van der Waals surface area contributed by atoms with Gasteiger partial charge in [0.1, 0.15) is 0 Å². The van der Waals surface area contributed by atoms with Crippen LogP contribution in [0.1, 0.15) is 58.2 Å². The van der Waals surface area contributed by atoms with Crippen molar-refractivity contribution in [3.05, 3.63) is 108 Å². The Balaban J connectivity index is 0.00000106. The zero-order chi connectivity index (χ0) is 27.0. The summed E-state index contributed by atoms with van der Waals surface area (Å²) in [4.78, 5) is 0. The Morgan fingerprint density at radius 3 is 0.917 bits per heavy atom. The van der Waals surface area contributed by atoms with E-state index in [1.54, 1.807) is 0 Å². The van der Waals surface area contributed by atoms with Gasteiger partial charge in [-0.25, -0.2) is 4.57 Å². The first-order chi connectivity index (χ1) is 16.7. The number of rotatable bonds is 9. The highest BCUT2D eigenvalue weighted by Gasteiger charge is 2.45. The molecule has 0 atom stereocenters. The minimum atomic E-state index is -4.08. The first kappa shape index (κ1) is 30.9. The quantitative estimate of drug-likeness (QED) is 0.189. The molecule has 0 heterocycles. The molecule has 0 amide bonds. The zero-order valence-electron chi connectivity index (χ0n) is 21.5. The number of phosphoric ester groups is 1. The van der Waals surface area contributed by atoms with Crippen LogP contribution in [-0.4, -0.2) is 4.30 Å². The molecule has 0 saturated carbocycles. The summed E-state index contributed by atoms with van der Waals surface area (Å²) >= 11 is 14.4. The standard InChI is InChI=1S/C27H33O4P.CHCl3/c1-25(2,22-16-10-7-11-17-22)29-32(28,30-26(3,4)23-18-12-8-13-19-23)31-27(5,6)24-20-14-9-15-21-24;2-1(3)4/h7-21H,1-6H3;1H. The highest BCUT2D eigenvalue weighted by atomic mass is 35.6. The topological polar surface area (TPSA) is 44.8 Å². The fourth-order valence-corrected chi connectivity index (χ4v) is 5.68. The molecule has 3 aromatic rings. The van der Waals surface area contributed by atoms with Crippen molar-refractivity contribution >= 4 is 42.6 Å². The van der Waals surface area contributed by atoms with Gasteiger partial charge in [-0.3, -0.25) is 13.6 Å². The van der Waals surface area contributed by atoms with Crippen molar-refractivity contribution in [1.29, 1.82) is 0 Å². The van der Waals surface area contributed by atoms with Crippen molar-refractivity contribution in [3.63, 3.8) is 0 Å². The van der Waals surface area contributed by atoms with Crippen LogP contribution in [0.5, 0.6) is 0 Å². The van der Waals surface area contributed by atoms with E-state index in [0.717, 1.165) is 16.7 Å². The highest BCUT2D eigenvalue weighted by molar-refractivity contribution is 7.48. The SMILES string of the molecule is CC(C)(OP(=O)(OC(C)(C)c1ccccc1)OC(C)(C)c1ccccc1)c1ccccc1.ClC(Cl)Cl. The summed E-state index contributed by atoms with van der Waals surface area (Å²) in [5, 5.41) is 0. The third kappa shape index (κ3) is 9.50. The van der Waals surface area contributed by atoms with Crippen LogP contribution in [-0.2, 0) is 34.9 Å². The minimum Gasteiger partial charge on any atom is -0.276 e. The molecule has 0 aliphatic heterocycles. The molecule has 0 bridgehead atoms. The molecule has 3 aromatic carbocycles. The number of hydrogen-bond acceptors (Lipinski definition) is 4. The molecule has 0 aromatic heterocycles. The van der Waals surface area contributed by atoms with E-state index in [1.165, 1.54) is 0 Å². The molecule has 4 nitrogen and oxygen atoms in total. The molecule has 0 spiro atoms. The summed E-state index contributed by atoms with van der Waals surface area (Å²) in [5.41, 5.74) is -0.0874. The molecule has 0 unspecified atom stereocenters. The Morgan fingerprint density at radius 1 is 0.528 bits per heavy atom. The monoisotopic (exact) mass is 570 g/mol. The number of alkyl halides is 3. The predicted octanol–water partition coefficient (Wildman–Crippen LogP) is 9.94. The van der Waals surface area contributed by atoms with Crippen LogP contribution in [0.4, 0.5) is 0 Å². The van der Waals surface area contributed by atoms with Crippen LogP contribution >= 0.6 is 42.6 Å². The molecule has 3 rings (SSSR count). The Bertz CT molecular complexity index is 966. The zero-order valence-corrected chi connectivity index (χ0v) is 24.6. The average Bonchev–Trinajstić information content (AvgIpc) is 2.79. The Hall–Kier alpha value is -1.36. The Labute approximate surface area is 230 Å². The first-order valence-corrected chi connectivity index (χ1v) is 14.2. The maximum atomic E-state index is 14.3. The van der Waals surface area contributed by atoms with Gasteiger partial charge < -0.3 is 0 Å². The third-order valence-electron chi connectivity index (χ3n) is 5.43. The summed E-state index contributed by atoms with van der Waals surface area (Å²) in [7, 11) is -4.08. The van der Waals surface area contributed by atoms with Gasteiger partial charge in [-0.15, -0.1) is 0 Å². The molecule has 36 heavy (non-hydrogen) atoms.